The molecule has 0 amide bonds. The number of nitrogens with zero attached hydrogens (tertiary/aromatic N) is 2. The number of halogens is 1. The van der Waals surface area contributed by atoms with E-state index in [-0.39, 0.29) is 24.6 Å². The van der Waals surface area contributed by atoms with Crippen LogP contribution in [0.1, 0.15) is 11.1 Å². The fourth-order valence-electron chi connectivity index (χ4n) is 2.36. The van der Waals surface area contributed by atoms with E-state index in [2.05, 4.69) is 0 Å². The van der Waals surface area contributed by atoms with Crippen LogP contribution >= 0.6 is 0 Å². The molecule has 1 aliphatic heterocycles. The minimum atomic E-state index is -3.75. The van der Waals surface area contributed by atoms with Crippen molar-refractivity contribution in [2.45, 2.75) is 24.8 Å². The molecule has 0 saturated carbocycles. The maximum absolute atomic E-state index is 13.3. The largest absolute Gasteiger partial charge is 0.361 e. The molecule has 1 saturated heterocycles. The summed E-state index contributed by atoms with van der Waals surface area (Å²) in [6.45, 7) is 3.49. The van der Waals surface area contributed by atoms with Crippen LogP contribution in [0.3, 0.4) is 0 Å². The molecule has 5 nitrogen and oxygen atoms in total. The number of nitriles is 1. The van der Waals surface area contributed by atoms with Crippen molar-refractivity contribution >= 4 is 10.0 Å². The zero-order valence-electron chi connectivity index (χ0n) is 11.3. The SMILES string of the molecule is Cc1cc(F)cc(C)c1S(=O)(=O)N1CCOC(C#N)C1. The third-order valence-corrected chi connectivity index (χ3v) is 5.37. The van der Waals surface area contributed by atoms with Crippen LogP contribution in [0, 0.1) is 31.0 Å². The number of rotatable bonds is 2. The van der Waals surface area contributed by atoms with Crippen molar-refractivity contribution in [3.63, 3.8) is 0 Å². The maximum atomic E-state index is 13.3. The Morgan fingerprint density at radius 1 is 1.40 bits per heavy atom. The highest BCUT2D eigenvalue weighted by atomic mass is 32.2. The Bertz CT molecular complexity index is 644. The van der Waals surface area contributed by atoms with Gasteiger partial charge in [-0.25, -0.2) is 12.8 Å². The third kappa shape index (κ3) is 2.68. The predicted molar refractivity (Wildman–Crippen MR) is 70.0 cm³/mol. The summed E-state index contributed by atoms with van der Waals surface area (Å²) in [5, 5.41) is 8.84. The predicted octanol–water partition coefficient (Wildman–Crippen LogP) is 1.36. The van der Waals surface area contributed by atoms with Crippen molar-refractivity contribution in [2.75, 3.05) is 19.7 Å². The summed E-state index contributed by atoms with van der Waals surface area (Å²) in [4.78, 5) is 0.109. The van der Waals surface area contributed by atoms with Gasteiger partial charge in [-0.3, -0.25) is 0 Å². The van der Waals surface area contributed by atoms with E-state index in [0.29, 0.717) is 11.1 Å². The fourth-order valence-corrected chi connectivity index (χ4v) is 4.19. The second kappa shape index (κ2) is 5.48. The number of ether oxygens (including phenoxy) is 1. The van der Waals surface area contributed by atoms with Crippen LogP contribution in [0.15, 0.2) is 17.0 Å². The molecule has 1 aromatic carbocycles. The average Bonchev–Trinajstić information content (AvgIpc) is 2.37. The van der Waals surface area contributed by atoms with Gasteiger partial charge in [0, 0.05) is 6.54 Å². The zero-order chi connectivity index (χ0) is 14.9. The number of sulfonamides is 1. The van der Waals surface area contributed by atoms with Gasteiger partial charge in [0.15, 0.2) is 6.10 Å². The highest BCUT2D eigenvalue weighted by Gasteiger charge is 2.32. The minimum Gasteiger partial charge on any atom is -0.361 e. The number of hydrogen-bond donors (Lipinski definition) is 0. The molecule has 0 bridgehead atoms. The zero-order valence-corrected chi connectivity index (χ0v) is 12.1. The lowest BCUT2D eigenvalue weighted by Crippen LogP contribution is -2.45. The molecule has 0 radical (unpaired) electrons. The van der Waals surface area contributed by atoms with Crippen LogP contribution < -0.4 is 0 Å². The smallest absolute Gasteiger partial charge is 0.243 e. The molecule has 108 valence electrons. The Labute approximate surface area is 117 Å². The molecule has 0 aromatic heterocycles. The summed E-state index contributed by atoms with van der Waals surface area (Å²) >= 11 is 0. The van der Waals surface area contributed by atoms with Gasteiger partial charge in [0.2, 0.25) is 10.0 Å². The Balaban J connectivity index is 2.43. The van der Waals surface area contributed by atoms with Crippen molar-refractivity contribution < 1.29 is 17.5 Å². The highest BCUT2D eigenvalue weighted by Crippen LogP contribution is 2.26. The van der Waals surface area contributed by atoms with Gasteiger partial charge in [0.1, 0.15) is 5.82 Å². The van der Waals surface area contributed by atoms with Gasteiger partial charge in [0.05, 0.1) is 24.1 Å². The summed E-state index contributed by atoms with van der Waals surface area (Å²) in [5.74, 6) is -0.462. The lowest BCUT2D eigenvalue weighted by molar-refractivity contribution is 0.0311. The number of hydrogen-bond acceptors (Lipinski definition) is 4. The van der Waals surface area contributed by atoms with Gasteiger partial charge in [0.25, 0.3) is 0 Å². The molecule has 1 aromatic rings. The van der Waals surface area contributed by atoms with Crippen LogP contribution in [-0.2, 0) is 14.8 Å². The molecular weight excluding hydrogens is 283 g/mol. The summed E-state index contributed by atoms with van der Waals surface area (Å²) in [7, 11) is -3.75. The quantitative estimate of drug-likeness (QED) is 0.826. The maximum Gasteiger partial charge on any atom is 0.243 e. The molecule has 7 heteroatoms. The van der Waals surface area contributed by atoms with E-state index in [1.807, 2.05) is 6.07 Å². The van der Waals surface area contributed by atoms with Crippen LogP contribution in [0.5, 0.6) is 0 Å². The van der Waals surface area contributed by atoms with E-state index in [1.165, 1.54) is 16.4 Å². The Kier molecular flexibility index (Phi) is 4.09. The molecule has 1 unspecified atom stereocenters. The Morgan fingerprint density at radius 2 is 2.00 bits per heavy atom. The lowest BCUT2D eigenvalue weighted by atomic mass is 10.1. The second-order valence-electron chi connectivity index (χ2n) is 4.72. The normalized spacial score (nSPS) is 20.6. The molecule has 20 heavy (non-hydrogen) atoms. The summed E-state index contributed by atoms with van der Waals surface area (Å²) in [6.07, 6.45) is -0.764. The lowest BCUT2D eigenvalue weighted by Gasteiger charge is -2.29. The molecular formula is C13H15FN2O3S. The number of morpholine rings is 1. The van der Waals surface area contributed by atoms with Crippen LogP contribution in [0.2, 0.25) is 0 Å². The van der Waals surface area contributed by atoms with Gasteiger partial charge in [-0.05, 0) is 37.1 Å². The van der Waals surface area contributed by atoms with Gasteiger partial charge < -0.3 is 4.74 Å². The van der Waals surface area contributed by atoms with Crippen molar-refractivity contribution in [3.05, 3.63) is 29.1 Å². The summed E-state index contributed by atoms with van der Waals surface area (Å²) in [6, 6.07) is 4.30. The summed E-state index contributed by atoms with van der Waals surface area (Å²) < 4.78 is 44.9. The summed E-state index contributed by atoms with van der Waals surface area (Å²) in [5.41, 5.74) is 0.727. The van der Waals surface area contributed by atoms with Crippen LogP contribution in [0.4, 0.5) is 4.39 Å². The molecule has 1 atom stereocenters. The van der Waals surface area contributed by atoms with E-state index in [4.69, 9.17) is 10.00 Å². The van der Waals surface area contributed by atoms with E-state index < -0.39 is 21.9 Å². The first-order valence-electron chi connectivity index (χ1n) is 6.14. The van der Waals surface area contributed by atoms with Gasteiger partial charge in [-0.2, -0.15) is 9.57 Å². The van der Waals surface area contributed by atoms with Gasteiger partial charge >= 0.3 is 0 Å². The monoisotopic (exact) mass is 298 g/mol. The molecule has 1 fully saturated rings. The van der Waals surface area contributed by atoms with E-state index in [9.17, 15) is 12.8 Å². The molecule has 0 aliphatic carbocycles. The first kappa shape index (κ1) is 14.9. The number of aryl methyl sites for hydroxylation is 2. The topological polar surface area (TPSA) is 70.4 Å². The third-order valence-electron chi connectivity index (χ3n) is 3.20. The van der Waals surface area contributed by atoms with E-state index in [1.54, 1.807) is 13.8 Å². The second-order valence-corrected chi connectivity index (χ2v) is 6.60. The fraction of sp³-hybridized carbons (Fsp3) is 0.462. The van der Waals surface area contributed by atoms with Crippen molar-refractivity contribution in [1.29, 1.82) is 5.26 Å². The molecule has 1 heterocycles. The highest BCUT2D eigenvalue weighted by molar-refractivity contribution is 7.89. The average molecular weight is 298 g/mol. The van der Waals surface area contributed by atoms with Crippen molar-refractivity contribution in [3.8, 4) is 6.07 Å². The van der Waals surface area contributed by atoms with Crippen molar-refractivity contribution in [1.82, 2.24) is 4.31 Å². The van der Waals surface area contributed by atoms with E-state index >= 15 is 0 Å². The Hall–Kier alpha value is -1.49. The Morgan fingerprint density at radius 3 is 2.55 bits per heavy atom. The first-order valence-corrected chi connectivity index (χ1v) is 7.58. The van der Waals surface area contributed by atoms with Gasteiger partial charge in [-0.15, -0.1) is 0 Å². The number of benzene rings is 1. The molecule has 0 N–H and O–H groups in total. The molecule has 1 aliphatic rings. The van der Waals surface area contributed by atoms with Crippen LogP contribution in [0.25, 0.3) is 0 Å². The van der Waals surface area contributed by atoms with Gasteiger partial charge in [-0.1, -0.05) is 0 Å². The molecule has 0 spiro atoms. The standard InChI is InChI=1S/C13H15FN2O3S/c1-9-5-11(14)6-10(2)13(9)20(17,18)16-3-4-19-12(7-15)8-16/h5-6,12H,3-4,8H2,1-2H3. The van der Waals surface area contributed by atoms with Crippen LogP contribution in [-0.4, -0.2) is 38.5 Å². The first-order chi connectivity index (χ1) is 9.36. The molecule has 2 rings (SSSR count). The van der Waals surface area contributed by atoms with Crippen molar-refractivity contribution in [2.24, 2.45) is 0 Å². The van der Waals surface area contributed by atoms with E-state index in [0.717, 1.165) is 0 Å². The minimum absolute atomic E-state index is 0.00487.